The molecule has 1 aromatic heterocycles. The second kappa shape index (κ2) is 5.45. The molecule has 1 aromatic carbocycles. The molecule has 108 valence electrons. The maximum absolute atomic E-state index is 12.4. The molecular formula is C12H15BrN4O2S. The van der Waals surface area contributed by atoms with Gasteiger partial charge in [-0.15, -0.1) is 0 Å². The van der Waals surface area contributed by atoms with Crippen LogP contribution in [0.3, 0.4) is 0 Å². The Morgan fingerprint density at radius 3 is 2.80 bits per heavy atom. The lowest BCUT2D eigenvalue weighted by molar-refractivity contribution is 0.601. The molecule has 0 atom stereocenters. The van der Waals surface area contributed by atoms with Gasteiger partial charge in [-0.1, -0.05) is 22.9 Å². The molecule has 0 spiro atoms. The Bertz CT molecular complexity index is 740. The Morgan fingerprint density at radius 1 is 1.45 bits per heavy atom. The van der Waals surface area contributed by atoms with Crippen LogP contribution in [0, 0.1) is 0 Å². The molecular weight excluding hydrogens is 344 g/mol. The van der Waals surface area contributed by atoms with Gasteiger partial charge in [0.1, 0.15) is 4.90 Å². The zero-order valence-corrected chi connectivity index (χ0v) is 13.5. The van der Waals surface area contributed by atoms with Crippen molar-refractivity contribution < 1.29 is 8.42 Å². The molecule has 0 aliphatic rings. The van der Waals surface area contributed by atoms with Crippen molar-refractivity contribution in [1.29, 1.82) is 0 Å². The van der Waals surface area contributed by atoms with Crippen molar-refractivity contribution >= 4 is 37.3 Å². The van der Waals surface area contributed by atoms with Crippen molar-refractivity contribution in [3.05, 3.63) is 34.6 Å². The van der Waals surface area contributed by atoms with E-state index in [1.165, 1.54) is 6.07 Å². The van der Waals surface area contributed by atoms with Crippen LogP contribution in [-0.4, -0.2) is 18.2 Å². The molecule has 2 aromatic rings. The molecule has 0 saturated carbocycles. The molecule has 20 heavy (non-hydrogen) atoms. The summed E-state index contributed by atoms with van der Waals surface area (Å²) in [6.45, 7) is 1.91. The fourth-order valence-electron chi connectivity index (χ4n) is 1.82. The zero-order chi connectivity index (χ0) is 14.9. The van der Waals surface area contributed by atoms with E-state index >= 15 is 0 Å². The Morgan fingerprint density at radius 2 is 2.15 bits per heavy atom. The number of nitrogens with two attached hydrogens (primary N) is 1. The maximum atomic E-state index is 12.4. The van der Waals surface area contributed by atoms with Gasteiger partial charge in [-0.2, -0.15) is 5.10 Å². The third-order valence-electron chi connectivity index (χ3n) is 2.75. The predicted molar refractivity (Wildman–Crippen MR) is 81.9 cm³/mol. The highest BCUT2D eigenvalue weighted by Crippen LogP contribution is 2.26. The third kappa shape index (κ3) is 2.96. The van der Waals surface area contributed by atoms with Gasteiger partial charge in [-0.05, 0) is 24.6 Å². The average Bonchev–Trinajstić information content (AvgIpc) is 2.71. The summed E-state index contributed by atoms with van der Waals surface area (Å²) >= 11 is 3.24. The van der Waals surface area contributed by atoms with Crippen LogP contribution < -0.4 is 10.5 Å². The molecule has 0 aliphatic carbocycles. The van der Waals surface area contributed by atoms with E-state index < -0.39 is 10.0 Å². The number of hydrogen-bond donors (Lipinski definition) is 2. The van der Waals surface area contributed by atoms with Gasteiger partial charge in [0.2, 0.25) is 0 Å². The Labute approximate surface area is 126 Å². The zero-order valence-electron chi connectivity index (χ0n) is 11.1. The van der Waals surface area contributed by atoms with Crippen molar-refractivity contribution in [3.8, 4) is 0 Å². The number of anilines is 2. The molecule has 0 radical (unpaired) electrons. The molecule has 0 unspecified atom stereocenters. The lowest BCUT2D eigenvalue weighted by Crippen LogP contribution is -2.15. The van der Waals surface area contributed by atoms with Crippen molar-refractivity contribution in [2.45, 2.75) is 18.2 Å². The van der Waals surface area contributed by atoms with Crippen LogP contribution in [0.2, 0.25) is 0 Å². The van der Waals surface area contributed by atoms with Gasteiger partial charge in [0, 0.05) is 17.7 Å². The van der Waals surface area contributed by atoms with Crippen LogP contribution in [0.5, 0.6) is 0 Å². The van der Waals surface area contributed by atoms with Crippen LogP contribution in [0.15, 0.2) is 33.8 Å². The number of sulfonamides is 1. The highest BCUT2D eigenvalue weighted by Gasteiger charge is 2.20. The normalized spacial score (nSPS) is 11.6. The lowest BCUT2D eigenvalue weighted by atomic mass is 10.3. The fourth-order valence-corrected chi connectivity index (χ4v) is 3.56. The van der Waals surface area contributed by atoms with Crippen molar-refractivity contribution in [2.75, 3.05) is 10.5 Å². The number of rotatable bonds is 4. The summed E-state index contributed by atoms with van der Waals surface area (Å²) in [5.41, 5.74) is 7.09. The van der Waals surface area contributed by atoms with Crippen molar-refractivity contribution in [3.63, 3.8) is 0 Å². The Balaban J connectivity index is 2.43. The number of nitrogens with zero attached hydrogens (tertiary/aromatic N) is 2. The van der Waals surface area contributed by atoms with Gasteiger partial charge in [0.05, 0.1) is 17.1 Å². The topological polar surface area (TPSA) is 90.0 Å². The van der Waals surface area contributed by atoms with Crippen LogP contribution in [0.1, 0.15) is 12.6 Å². The molecule has 0 fully saturated rings. The van der Waals surface area contributed by atoms with Gasteiger partial charge in [0.15, 0.2) is 0 Å². The van der Waals surface area contributed by atoms with Crippen molar-refractivity contribution in [1.82, 2.24) is 9.78 Å². The minimum absolute atomic E-state index is 0.0396. The van der Waals surface area contributed by atoms with E-state index in [4.69, 9.17) is 5.73 Å². The maximum Gasteiger partial charge on any atom is 0.264 e. The Kier molecular flexibility index (Phi) is 4.05. The Hall–Kier alpha value is -1.54. The monoisotopic (exact) mass is 358 g/mol. The highest BCUT2D eigenvalue weighted by atomic mass is 79.9. The summed E-state index contributed by atoms with van der Waals surface area (Å²) in [5, 5.41) is 4.20. The standard InChI is InChI=1S/C12H15BrN4O2S/c1-3-10-11(7-17(2)15-10)16-20(18,19)12-6-8(13)4-5-9(12)14/h4-7,16H,3,14H2,1-2H3. The van der Waals surface area contributed by atoms with Gasteiger partial charge in [-0.25, -0.2) is 8.42 Å². The molecule has 1 heterocycles. The number of halogens is 1. The lowest BCUT2D eigenvalue weighted by Gasteiger charge is -2.10. The van der Waals surface area contributed by atoms with Crippen LogP contribution in [0.4, 0.5) is 11.4 Å². The SMILES string of the molecule is CCc1nn(C)cc1NS(=O)(=O)c1cc(Br)ccc1N. The van der Waals surface area contributed by atoms with E-state index in [9.17, 15) is 8.42 Å². The quantitative estimate of drug-likeness (QED) is 0.819. The fraction of sp³-hybridized carbons (Fsp3) is 0.250. The summed E-state index contributed by atoms with van der Waals surface area (Å²) < 4.78 is 29.6. The van der Waals surface area contributed by atoms with Gasteiger partial charge < -0.3 is 5.73 Å². The molecule has 2 rings (SSSR count). The van der Waals surface area contributed by atoms with Crippen LogP contribution >= 0.6 is 15.9 Å². The highest BCUT2D eigenvalue weighted by molar-refractivity contribution is 9.10. The van der Waals surface area contributed by atoms with Gasteiger partial charge in [0.25, 0.3) is 10.0 Å². The summed E-state index contributed by atoms with van der Waals surface area (Å²) in [7, 11) is -2.00. The van der Waals surface area contributed by atoms with Crippen molar-refractivity contribution in [2.24, 2.45) is 7.05 Å². The number of benzene rings is 1. The van der Waals surface area contributed by atoms with E-state index in [1.807, 2.05) is 6.92 Å². The molecule has 8 heteroatoms. The molecule has 3 N–H and O–H groups in total. The van der Waals surface area contributed by atoms with E-state index in [0.29, 0.717) is 22.3 Å². The number of hydrogen-bond acceptors (Lipinski definition) is 4. The third-order valence-corrected chi connectivity index (χ3v) is 4.66. The first-order valence-electron chi connectivity index (χ1n) is 5.94. The summed E-state index contributed by atoms with van der Waals surface area (Å²) in [5.74, 6) is 0. The minimum Gasteiger partial charge on any atom is -0.398 e. The second-order valence-corrected chi connectivity index (χ2v) is 6.87. The smallest absolute Gasteiger partial charge is 0.264 e. The number of nitrogen functional groups attached to an aromatic ring is 1. The van der Waals surface area contributed by atoms with E-state index in [-0.39, 0.29) is 10.6 Å². The largest absolute Gasteiger partial charge is 0.398 e. The summed E-state index contributed by atoms with van der Waals surface area (Å²) in [6, 6.07) is 4.71. The average molecular weight is 359 g/mol. The van der Waals surface area contributed by atoms with Gasteiger partial charge in [-0.3, -0.25) is 9.40 Å². The number of aryl methyl sites for hydroxylation is 2. The number of nitrogens with one attached hydrogen (secondary N) is 1. The number of aromatic nitrogens is 2. The summed E-state index contributed by atoms with van der Waals surface area (Å²) in [6.07, 6.45) is 2.26. The second-order valence-electron chi connectivity index (χ2n) is 4.30. The van der Waals surface area contributed by atoms with Gasteiger partial charge >= 0.3 is 0 Å². The molecule has 0 bridgehead atoms. The first-order chi connectivity index (χ1) is 9.33. The molecule has 0 amide bonds. The molecule has 6 nitrogen and oxygen atoms in total. The minimum atomic E-state index is -3.74. The van der Waals surface area contributed by atoms with E-state index in [0.717, 1.165) is 0 Å². The first-order valence-corrected chi connectivity index (χ1v) is 8.21. The first kappa shape index (κ1) is 14.9. The molecule has 0 aliphatic heterocycles. The van der Waals surface area contributed by atoms with Crippen LogP contribution in [0.25, 0.3) is 0 Å². The van der Waals surface area contributed by atoms with E-state index in [2.05, 4.69) is 25.8 Å². The summed E-state index contributed by atoms with van der Waals surface area (Å²) in [4.78, 5) is 0.0396. The molecule has 0 saturated heterocycles. The van der Waals surface area contributed by atoms with Crippen LogP contribution in [-0.2, 0) is 23.5 Å². The van der Waals surface area contributed by atoms with E-state index in [1.54, 1.807) is 30.1 Å². The predicted octanol–water partition coefficient (Wildman–Crippen LogP) is 2.13.